The second-order valence-electron chi connectivity index (χ2n) is 5.26. The lowest BCUT2D eigenvalue weighted by molar-refractivity contribution is -0.152. The number of carbonyl (C=O) groups excluding carboxylic acids is 2. The molecular weight excluding hydrogens is 298 g/mol. The molecule has 8 heteroatoms. The molecule has 0 unspecified atom stereocenters. The van der Waals surface area contributed by atoms with Crippen molar-refractivity contribution in [1.82, 2.24) is 25.1 Å². The number of esters is 1. The van der Waals surface area contributed by atoms with Gasteiger partial charge >= 0.3 is 5.97 Å². The number of benzene rings is 1. The Bertz CT molecular complexity index is 679. The van der Waals surface area contributed by atoms with Gasteiger partial charge in [-0.05, 0) is 18.1 Å². The molecule has 1 fully saturated rings. The van der Waals surface area contributed by atoms with Crippen LogP contribution in [0.1, 0.15) is 12.8 Å². The highest BCUT2D eigenvalue weighted by molar-refractivity contribution is 5.80. The number of nitrogens with zero attached hydrogens (tertiary/aromatic N) is 5. The Hall–Kier alpha value is -2.77. The van der Waals surface area contributed by atoms with Crippen molar-refractivity contribution in [3.05, 3.63) is 30.3 Å². The number of amides is 1. The summed E-state index contributed by atoms with van der Waals surface area (Å²) in [5.74, 6) is -0.284. The van der Waals surface area contributed by atoms with Crippen LogP contribution < -0.4 is 0 Å². The third-order valence-electron chi connectivity index (χ3n) is 3.57. The van der Waals surface area contributed by atoms with Gasteiger partial charge in [-0.3, -0.25) is 4.79 Å². The summed E-state index contributed by atoms with van der Waals surface area (Å²) in [6.45, 7) is 1.06. The van der Waals surface area contributed by atoms with Crippen LogP contribution >= 0.6 is 0 Å². The Kier molecular flexibility index (Phi) is 4.60. The molecule has 2 heterocycles. The predicted octanol–water partition coefficient (Wildman–Crippen LogP) is 0.506. The van der Waals surface area contributed by atoms with E-state index in [-0.39, 0.29) is 19.1 Å². The molecule has 1 aromatic heterocycles. The van der Waals surface area contributed by atoms with Gasteiger partial charge in [0.05, 0.1) is 0 Å². The molecule has 0 spiro atoms. The zero-order valence-electron chi connectivity index (χ0n) is 12.6. The third kappa shape index (κ3) is 3.91. The van der Waals surface area contributed by atoms with E-state index < -0.39 is 5.97 Å². The number of likely N-dealkylation sites (tertiary alicyclic amines) is 1. The van der Waals surface area contributed by atoms with E-state index >= 15 is 0 Å². The molecule has 120 valence electrons. The summed E-state index contributed by atoms with van der Waals surface area (Å²) >= 11 is 0. The smallest absolute Gasteiger partial charge is 0.330 e. The number of hydrogen-bond acceptors (Lipinski definition) is 6. The van der Waals surface area contributed by atoms with Crippen molar-refractivity contribution >= 4 is 11.9 Å². The monoisotopic (exact) mass is 315 g/mol. The van der Waals surface area contributed by atoms with Gasteiger partial charge in [0.25, 0.3) is 5.91 Å². The Morgan fingerprint density at radius 1 is 1.13 bits per heavy atom. The average Bonchev–Trinajstić information content (AvgIpc) is 3.25. The van der Waals surface area contributed by atoms with E-state index in [1.807, 2.05) is 30.3 Å². The van der Waals surface area contributed by atoms with Crippen molar-refractivity contribution < 1.29 is 14.3 Å². The first-order chi connectivity index (χ1) is 11.2. The summed E-state index contributed by atoms with van der Waals surface area (Å²) in [5, 5.41) is 11.8. The Balaban J connectivity index is 1.50. The van der Waals surface area contributed by atoms with Crippen LogP contribution in [0.5, 0.6) is 0 Å². The molecule has 23 heavy (non-hydrogen) atoms. The summed E-state index contributed by atoms with van der Waals surface area (Å²) in [6.07, 6.45) is 2.01. The average molecular weight is 315 g/mol. The van der Waals surface area contributed by atoms with E-state index in [2.05, 4.69) is 15.4 Å². The summed E-state index contributed by atoms with van der Waals surface area (Å²) in [4.78, 5) is 26.4. The first-order valence-corrected chi connectivity index (χ1v) is 7.49. The summed E-state index contributed by atoms with van der Waals surface area (Å²) in [7, 11) is 0. The molecule has 8 nitrogen and oxygen atoms in total. The first kappa shape index (κ1) is 15.1. The molecule has 0 bridgehead atoms. The number of aromatic nitrogens is 4. The topological polar surface area (TPSA) is 90.2 Å². The number of rotatable bonds is 5. The van der Waals surface area contributed by atoms with Gasteiger partial charge in [0, 0.05) is 18.7 Å². The molecule has 1 aliphatic rings. The van der Waals surface area contributed by atoms with Gasteiger partial charge in [-0.25, -0.2) is 4.79 Å². The molecule has 0 saturated carbocycles. The number of carbonyl (C=O) groups is 2. The van der Waals surface area contributed by atoms with Crippen LogP contribution in [0.4, 0.5) is 0 Å². The van der Waals surface area contributed by atoms with E-state index in [9.17, 15) is 9.59 Å². The Labute approximate surface area is 133 Å². The van der Waals surface area contributed by atoms with Gasteiger partial charge in [-0.2, -0.15) is 4.80 Å². The van der Waals surface area contributed by atoms with Gasteiger partial charge < -0.3 is 9.64 Å². The fourth-order valence-corrected chi connectivity index (χ4v) is 2.37. The lowest BCUT2D eigenvalue weighted by Crippen LogP contribution is -2.32. The molecule has 0 atom stereocenters. The Morgan fingerprint density at radius 2 is 1.87 bits per heavy atom. The van der Waals surface area contributed by atoms with Crippen molar-refractivity contribution in [2.45, 2.75) is 19.4 Å². The molecule has 1 saturated heterocycles. The zero-order chi connectivity index (χ0) is 16.1. The minimum atomic E-state index is -0.561. The second-order valence-corrected chi connectivity index (χ2v) is 5.26. The minimum absolute atomic E-state index is 0.160. The van der Waals surface area contributed by atoms with E-state index in [0.29, 0.717) is 5.82 Å². The number of ether oxygens (including phenoxy) is 1. The zero-order valence-corrected chi connectivity index (χ0v) is 12.6. The fraction of sp³-hybridized carbons (Fsp3) is 0.400. The molecule has 1 amide bonds. The summed E-state index contributed by atoms with van der Waals surface area (Å²) in [6, 6.07) is 9.34. The standard InChI is InChI=1S/C15H17N5O3/c21-13(19-8-4-5-9-19)11-23-14(22)10-20-17-15(16-18-20)12-6-2-1-3-7-12/h1-3,6-7H,4-5,8-11H2. The van der Waals surface area contributed by atoms with E-state index in [1.165, 1.54) is 0 Å². The minimum Gasteiger partial charge on any atom is -0.454 e. The van der Waals surface area contributed by atoms with E-state index in [1.54, 1.807) is 4.90 Å². The second kappa shape index (κ2) is 6.99. The van der Waals surface area contributed by atoms with Gasteiger partial charge in [0.15, 0.2) is 13.2 Å². The molecule has 1 aromatic carbocycles. The predicted molar refractivity (Wildman–Crippen MR) is 80.0 cm³/mol. The molecule has 0 aliphatic carbocycles. The van der Waals surface area contributed by atoms with Crippen LogP contribution in [0, 0.1) is 0 Å². The summed E-state index contributed by atoms with van der Waals surface area (Å²) in [5.41, 5.74) is 0.816. The maximum Gasteiger partial charge on any atom is 0.330 e. The largest absolute Gasteiger partial charge is 0.454 e. The molecule has 0 N–H and O–H groups in total. The van der Waals surface area contributed by atoms with E-state index in [4.69, 9.17) is 4.74 Å². The highest BCUT2D eigenvalue weighted by Crippen LogP contribution is 2.11. The summed E-state index contributed by atoms with van der Waals surface area (Å²) < 4.78 is 4.98. The van der Waals surface area contributed by atoms with Crippen molar-refractivity contribution in [3.8, 4) is 11.4 Å². The highest BCUT2D eigenvalue weighted by atomic mass is 16.5. The lowest BCUT2D eigenvalue weighted by Gasteiger charge is -2.14. The van der Waals surface area contributed by atoms with Crippen molar-refractivity contribution in [2.24, 2.45) is 0 Å². The number of hydrogen-bond donors (Lipinski definition) is 0. The van der Waals surface area contributed by atoms with Crippen molar-refractivity contribution in [1.29, 1.82) is 0 Å². The first-order valence-electron chi connectivity index (χ1n) is 7.49. The van der Waals surface area contributed by atoms with Gasteiger partial charge in [-0.1, -0.05) is 30.3 Å². The van der Waals surface area contributed by atoms with Crippen LogP contribution in [-0.2, 0) is 20.9 Å². The van der Waals surface area contributed by atoms with E-state index in [0.717, 1.165) is 36.3 Å². The van der Waals surface area contributed by atoms with Crippen LogP contribution in [0.2, 0.25) is 0 Å². The van der Waals surface area contributed by atoms with Gasteiger partial charge in [0.2, 0.25) is 5.82 Å². The molecular formula is C15H17N5O3. The molecule has 1 aliphatic heterocycles. The molecule has 0 radical (unpaired) electrons. The van der Waals surface area contributed by atoms with Crippen LogP contribution in [0.25, 0.3) is 11.4 Å². The van der Waals surface area contributed by atoms with Crippen LogP contribution in [0.3, 0.4) is 0 Å². The van der Waals surface area contributed by atoms with Crippen LogP contribution in [0.15, 0.2) is 30.3 Å². The fourth-order valence-electron chi connectivity index (χ4n) is 2.37. The number of tetrazole rings is 1. The highest BCUT2D eigenvalue weighted by Gasteiger charge is 2.19. The van der Waals surface area contributed by atoms with Gasteiger partial charge in [0.1, 0.15) is 0 Å². The maximum atomic E-state index is 11.8. The lowest BCUT2D eigenvalue weighted by atomic mass is 10.2. The van der Waals surface area contributed by atoms with Crippen molar-refractivity contribution in [3.63, 3.8) is 0 Å². The maximum absolute atomic E-state index is 11.8. The molecule has 3 rings (SSSR count). The normalized spacial score (nSPS) is 14.0. The Morgan fingerprint density at radius 3 is 2.61 bits per heavy atom. The third-order valence-corrected chi connectivity index (χ3v) is 3.57. The van der Waals surface area contributed by atoms with Crippen molar-refractivity contribution in [2.75, 3.05) is 19.7 Å². The SMILES string of the molecule is O=C(Cn1nnc(-c2ccccc2)n1)OCC(=O)N1CCCC1. The quantitative estimate of drug-likeness (QED) is 0.747. The van der Waals surface area contributed by atoms with Crippen LogP contribution in [-0.4, -0.2) is 56.7 Å². The molecule has 2 aromatic rings. The van der Waals surface area contributed by atoms with Gasteiger partial charge in [-0.15, -0.1) is 10.2 Å².